The van der Waals surface area contributed by atoms with Gasteiger partial charge in [-0.1, -0.05) is 45.3 Å². The number of carbonyl (C=O) groups is 1. The number of amides is 1. The molecule has 0 unspecified atom stereocenters. The van der Waals surface area contributed by atoms with Crippen molar-refractivity contribution in [2.45, 2.75) is 84.0 Å². The lowest BCUT2D eigenvalue weighted by Gasteiger charge is -2.39. The third-order valence-electron chi connectivity index (χ3n) is 4.82. The highest BCUT2D eigenvalue weighted by Gasteiger charge is 2.36. The number of hydrogen-bond acceptors (Lipinski definition) is 3. The van der Waals surface area contributed by atoms with Crippen LogP contribution in [0.4, 0.5) is 4.79 Å². The van der Waals surface area contributed by atoms with Crippen molar-refractivity contribution in [3.05, 3.63) is 12.2 Å². The quantitative estimate of drug-likeness (QED) is 0.792. The third-order valence-corrected chi connectivity index (χ3v) is 4.82. The molecule has 0 aromatic heterocycles. The fourth-order valence-corrected chi connectivity index (χ4v) is 3.39. The predicted molar refractivity (Wildman–Crippen MR) is 87.8 cm³/mol. The van der Waals surface area contributed by atoms with E-state index in [1.54, 1.807) is 0 Å². The van der Waals surface area contributed by atoms with E-state index in [4.69, 9.17) is 9.47 Å². The summed E-state index contributed by atoms with van der Waals surface area (Å²) in [7, 11) is 0. The fourth-order valence-electron chi connectivity index (χ4n) is 3.39. The van der Waals surface area contributed by atoms with E-state index in [2.05, 4.69) is 32.7 Å². The maximum atomic E-state index is 12.0. The first kappa shape index (κ1) is 17.3. The number of ether oxygens (including phenoxy) is 2. The van der Waals surface area contributed by atoms with Crippen LogP contribution in [-0.4, -0.2) is 30.9 Å². The van der Waals surface area contributed by atoms with Crippen molar-refractivity contribution >= 4 is 6.09 Å². The molecule has 1 saturated carbocycles. The molecule has 1 aliphatic carbocycles. The molecule has 2 fully saturated rings. The lowest BCUT2D eigenvalue weighted by molar-refractivity contribution is -0.0962. The maximum absolute atomic E-state index is 12.0. The molecule has 0 radical (unpaired) electrons. The summed E-state index contributed by atoms with van der Waals surface area (Å²) >= 11 is 0. The van der Waals surface area contributed by atoms with Crippen molar-refractivity contribution in [1.29, 1.82) is 0 Å². The van der Waals surface area contributed by atoms with E-state index >= 15 is 0 Å². The molecule has 2 aliphatic rings. The molecule has 1 saturated heterocycles. The van der Waals surface area contributed by atoms with E-state index in [-0.39, 0.29) is 29.8 Å². The van der Waals surface area contributed by atoms with Crippen molar-refractivity contribution in [2.24, 2.45) is 5.41 Å². The Labute approximate surface area is 134 Å². The van der Waals surface area contributed by atoms with Gasteiger partial charge in [-0.2, -0.15) is 0 Å². The summed E-state index contributed by atoms with van der Waals surface area (Å²) in [5.41, 5.74) is 1.02. The number of hydrogen-bond donors (Lipinski definition) is 1. The van der Waals surface area contributed by atoms with Gasteiger partial charge in [-0.25, -0.2) is 4.79 Å². The van der Waals surface area contributed by atoms with Gasteiger partial charge in [0.25, 0.3) is 0 Å². The molecular weight excluding hydrogens is 278 g/mol. The summed E-state index contributed by atoms with van der Waals surface area (Å²) in [6.45, 7) is 10.7. The van der Waals surface area contributed by atoms with E-state index in [0.717, 1.165) is 25.7 Å². The standard InChI is InChI=1S/C18H31NO3/c1-13-10-14(2)22-16(11-13)18(3,4)12-21-17(20)19-15-8-6-5-7-9-15/h14-16H,1,5-12H2,2-4H3,(H,19,20)/t14-,16+/m0/s1. The van der Waals surface area contributed by atoms with Crippen LogP contribution in [0, 0.1) is 5.41 Å². The van der Waals surface area contributed by atoms with Crippen molar-refractivity contribution < 1.29 is 14.3 Å². The van der Waals surface area contributed by atoms with Crippen LogP contribution in [0.5, 0.6) is 0 Å². The average molecular weight is 309 g/mol. The van der Waals surface area contributed by atoms with Crippen LogP contribution < -0.4 is 5.32 Å². The highest BCUT2D eigenvalue weighted by atomic mass is 16.6. The van der Waals surface area contributed by atoms with Crippen molar-refractivity contribution in [1.82, 2.24) is 5.32 Å². The Morgan fingerprint density at radius 2 is 2.00 bits per heavy atom. The Morgan fingerprint density at radius 1 is 1.32 bits per heavy atom. The molecular formula is C18H31NO3. The second-order valence-electron chi connectivity index (χ2n) is 7.64. The van der Waals surface area contributed by atoms with Gasteiger partial charge < -0.3 is 14.8 Å². The zero-order chi connectivity index (χ0) is 16.2. The molecule has 1 heterocycles. The minimum absolute atomic E-state index is 0.0613. The Hall–Kier alpha value is -1.03. The summed E-state index contributed by atoms with van der Waals surface area (Å²) in [5, 5.41) is 2.99. The molecule has 2 atom stereocenters. The Balaban J connectivity index is 1.78. The first-order valence-electron chi connectivity index (χ1n) is 8.62. The van der Waals surface area contributed by atoms with Crippen LogP contribution in [0.1, 0.15) is 65.7 Å². The van der Waals surface area contributed by atoms with Gasteiger partial charge in [-0.05, 0) is 32.6 Å². The molecule has 1 N–H and O–H groups in total. The minimum Gasteiger partial charge on any atom is -0.449 e. The fraction of sp³-hybridized carbons (Fsp3) is 0.833. The molecule has 4 heteroatoms. The zero-order valence-electron chi connectivity index (χ0n) is 14.3. The minimum atomic E-state index is -0.289. The number of rotatable bonds is 4. The highest BCUT2D eigenvalue weighted by molar-refractivity contribution is 5.67. The molecule has 2 rings (SSSR count). The van der Waals surface area contributed by atoms with Gasteiger partial charge in [0.15, 0.2) is 0 Å². The average Bonchev–Trinajstić information content (AvgIpc) is 2.45. The molecule has 22 heavy (non-hydrogen) atoms. The van der Waals surface area contributed by atoms with Crippen LogP contribution in [0.2, 0.25) is 0 Å². The van der Waals surface area contributed by atoms with Gasteiger partial charge in [-0.3, -0.25) is 0 Å². The van der Waals surface area contributed by atoms with Gasteiger partial charge in [-0.15, -0.1) is 0 Å². The summed E-state index contributed by atoms with van der Waals surface area (Å²) in [6, 6.07) is 0.287. The van der Waals surface area contributed by atoms with Gasteiger partial charge in [0, 0.05) is 11.5 Å². The molecule has 0 aromatic rings. The smallest absolute Gasteiger partial charge is 0.407 e. The molecule has 0 bridgehead atoms. The van der Waals surface area contributed by atoms with Crippen molar-refractivity contribution in [3.63, 3.8) is 0 Å². The van der Waals surface area contributed by atoms with E-state index in [9.17, 15) is 4.79 Å². The second-order valence-corrected chi connectivity index (χ2v) is 7.64. The molecule has 0 spiro atoms. The van der Waals surface area contributed by atoms with E-state index in [0.29, 0.717) is 6.61 Å². The molecule has 0 aromatic carbocycles. The molecule has 126 valence electrons. The Kier molecular flexibility index (Phi) is 5.90. The number of alkyl carbamates (subject to hydrolysis) is 1. The number of carbonyl (C=O) groups excluding carboxylic acids is 1. The summed E-state index contributed by atoms with van der Waals surface area (Å²) < 4.78 is 11.5. The van der Waals surface area contributed by atoms with E-state index in [1.165, 1.54) is 24.8 Å². The maximum Gasteiger partial charge on any atom is 0.407 e. The predicted octanol–water partition coefficient (Wildman–Crippen LogP) is 4.20. The first-order chi connectivity index (χ1) is 10.4. The summed E-state index contributed by atoms with van der Waals surface area (Å²) in [6.07, 6.45) is 7.57. The molecule has 1 amide bonds. The van der Waals surface area contributed by atoms with Gasteiger partial charge >= 0.3 is 6.09 Å². The Bertz CT molecular complexity index is 399. The van der Waals surface area contributed by atoms with Crippen LogP contribution >= 0.6 is 0 Å². The van der Waals surface area contributed by atoms with Crippen LogP contribution in [-0.2, 0) is 9.47 Å². The van der Waals surface area contributed by atoms with Gasteiger partial charge in [0.1, 0.15) is 6.61 Å². The zero-order valence-corrected chi connectivity index (χ0v) is 14.3. The van der Waals surface area contributed by atoms with Crippen LogP contribution in [0.25, 0.3) is 0 Å². The molecule has 4 nitrogen and oxygen atoms in total. The monoisotopic (exact) mass is 309 g/mol. The summed E-state index contributed by atoms with van der Waals surface area (Å²) in [5.74, 6) is 0. The highest BCUT2D eigenvalue weighted by Crippen LogP contribution is 2.34. The van der Waals surface area contributed by atoms with E-state index < -0.39 is 0 Å². The first-order valence-corrected chi connectivity index (χ1v) is 8.62. The van der Waals surface area contributed by atoms with Gasteiger partial charge in [0.05, 0.1) is 12.2 Å². The summed E-state index contributed by atoms with van der Waals surface area (Å²) in [4.78, 5) is 12.0. The Morgan fingerprint density at radius 3 is 2.64 bits per heavy atom. The van der Waals surface area contributed by atoms with Gasteiger partial charge in [0.2, 0.25) is 0 Å². The van der Waals surface area contributed by atoms with Crippen molar-refractivity contribution in [3.8, 4) is 0 Å². The number of nitrogens with one attached hydrogen (secondary N) is 1. The third kappa shape index (κ3) is 5.01. The van der Waals surface area contributed by atoms with E-state index in [1.807, 2.05) is 0 Å². The topological polar surface area (TPSA) is 47.6 Å². The second kappa shape index (κ2) is 7.49. The SMILES string of the molecule is C=C1C[C@H](C)O[C@@H](C(C)(C)COC(=O)NC2CCCCC2)C1. The lowest BCUT2D eigenvalue weighted by atomic mass is 9.81. The van der Waals surface area contributed by atoms with Crippen LogP contribution in [0.3, 0.4) is 0 Å². The lowest BCUT2D eigenvalue weighted by Crippen LogP contribution is -2.43. The largest absolute Gasteiger partial charge is 0.449 e. The molecule has 1 aliphatic heterocycles. The van der Waals surface area contributed by atoms with Crippen LogP contribution in [0.15, 0.2) is 12.2 Å². The van der Waals surface area contributed by atoms with Crippen molar-refractivity contribution in [2.75, 3.05) is 6.61 Å². The normalized spacial score (nSPS) is 27.5.